The van der Waals surface area contributed by atoms with Crippen LogP contribution < -0.4 is 5.32 Å². The van der Waals surface area contributed by atoms with Gasteiger partial charge in [0.05, 0.1) is 12.1 Å². The molecule has 1 heterocycles. The van der Waals surface area contributed by atoms with Gasteiger partial charge in [0.15, 0.2) is 0 Å². The van der Waals surface area contributed by atoms with Crippen molar-refractivity contribution in [1.82, 2.24) is 0 Å². The molecule has 0 saturated carbocycles. The molecule has 1 nitrogen and oxygen atoms in total. The lowest BCUT2D eigenvalue weighted by atomic mass is 9.98. The third-order valence-corrected chi connectivity index (χ3v) is 2.42. The van der Waals surface area contributed by atoms with E-state index in [-0.39, 0.29) is 5.56 Å². The molecule has 0 bridgehead atoms. The Kier molecular flexibility index (Phi) is 2.32. The van der Waals surface area contributed by atoms with Crippen LogP contribution in [0.3, 0.4) is 0 Å². The van der Waals surface area contributed by atoms with Gasteiger partial charge in [-0.25, -0.2) is 8.78 Å². The van der Waals surface area contributed by atoms with E-state index in [1.54, 1.807) is 0 Å². The highest BCUT2D eigenvalue weighted by molar-refractivity contribution is 5.55. The van der Waals surface area contributed by atoms with E-state index in [0.717, 1.165) is 12.1 Å². The first-order chi connectivity index (χ1) is 7.28. The second-order valence-corrected chi connectivity index (χ2v) is 3.76. The first-order valence-corrected chi connectivity index (χ1v) is 4.60. The molecule has 0 saturated heterocycles. The zero-order chi connectivity index (χ0) is 12.0. The Bertz CT molecular complexity index is 410. The van der Waals surface area contributed by atoms with Crippen LogP contribution in [0.4, 0.5) is 27.6 Å². The van der Waals surface area contributed by atoms with Crippen molar-refractivity contribution >= 4 is 5.69 Å². The molecule has 0 fully saturated rings. The van der Waals surface area contributed by atoms with Crippen LogP contribution in [0.25, 0.3) is 0 Å². The third kappa shape index (κ3) is 2.10. The van der Waals surface area contributed by atoms with Crippen molar-refractivity contribution in [3.05, 3.63) is 29.3 Å². The second kappa shape index (κ2) is 3.33. The zero-order valence-electron chi connectivity index (χ0n) is 8.04. The molecule has 1 aromatic rings. The van der Waals surface area contributed by atoms with E-state index in [2.05, 4.69) is 5.32 Å². The van der Waals surface area contributed by atoms with Gasteiger partial charge >= 0.3 is 6.18 Å². The molecule has 16 heavy (non-hydrogen) atoms. The van der Waals surface area contributed by atoms with Crippen LogP contribution in [0.5, 0.6) is 0 Å². The minimum absolute atomic E-state index is 0.00563. The molecule has 6 heteroatoms. The molecule has 0 unspecified atom stereocenters. The maximum absolute atomic E-state index is 13.0. The van der Waals surface area contributed by atoms with Crippen LogP contribution in [0.2, 0.25) is 0 Å². The van der Waals surface area contributed by atoms with Crippen LogP contribution in [0.1, 0.15) is 11.1 Å². The highest BCUT2D eigenvalue weighted by Gasteiger charge is 2.36. The van der Waals surface area contributed by atoms with Crippen LogP contribution >= 0.6 is 0 Å². The first-order valence-electron chi connectivity index (χ1n) is 4.60. The fourth-order valence-electron chi connectivity index (χ4n) is 1.65. The number of halogens is 5. The van der Waals surface area contributed by atoms with Gasteiger partial charge in [-0.2, -0.15) is 13.2 Å². The van der Waals surface area contributed by atoms with E-state index in [1.807, 2.05) is 0 Å². The molecule has 0 aliphatic carbocycles. The minimum Gasteiger partial charge on any atom is -0.379 e. The number of alkyl halides is 5. The fraction of sp³-hybridized carbons (Fsp3) is 0.400. The van der Waals surface area contributed by atoms with Gasteiger partial charge in [-0.3, -0.25) is 0 Å². The van der Waals surface area contributed by atoms with E-state index in [0.29, 0.717) is 5.69 Å². The number of benzene rings is 1. The summed E-state index contributed by atoms with van der Waals surface area (Å²) in [5.41, 5.74) is -0.546. The summed E-state index contributed by atoms with van der Waals surface area (Å²) in [6.45, 7) is -0.536. The summed E-state index contributed by atoms with van der Waals surface area (Å²) in [7, 11) is 0. The molecule has 0 aromatic heterocycles. The van der Waals surface area contributed by atoms with Gasteiger partial charge in [0.1, 0.15) is 0 Å². The van der Waals surface area contributed by atoms with Gasteiger partial charge in [0.2, 0.25) is 0 Å². The maximum Gasteiger partial charge on any atom is 0.416 e. The van der Waals surface area contributed by atoms with Gasteiger partial charge in [-0.15, -0.1) is 0 Å². The molecule has 1 aliphatic heterocycles. The lowest BCUT2D eigenvalue weighted by Crippen LogP contribution is -2.34. The summed E-state index contributed by atoms with van der Waals surface area (Å²) in [4.78, 5) is 0. The summed E-state index contributed by atoms with van der Waals surface area (Å²) in [5.74, 6) is -2.99. The average Bonchev–Trinajstić information content (AvgIpc) is 2.13. The Morgan fingerprint density at radius 1 is 1.19 bits per heavy atom. The van der Waals surface area contributed by atoms with E-state index in [4.69, 9.17) is 0 Å². The quantitative estimate of drug-likeness (QED) is 0.682. The van der Waals surface area contributed by atoms with Crippen molar-refractivity contribution in [3.8, 4) is 0 Å². The normalized spacial score (nSPS) is 18.8. The molecule has 1 aliphatic rings. The molecule has 0 amide bonds. The van der Waals surface area contributed by atoms with Crippen molar-refractivity contribution in [1.29, 1.82) is 0 Å². The predicted molar refractivity (Wildman–Crippen MR) is 48.6 cm³/mol. The predicted octanol–water partition coefficient (Wildman–Crippen LogP) is 3.31. The summed E-state index contributed by atoms with van der Waals surface area (Å²) >= 11 is 0. The standard InChI is InChI=1S/C10H8F5N/c11-9(12)4-6-3-7(10(13,14)15)1-2-8(6)16-5-9/h1-3,16H,4-5H2. The fourth-order valence-corrected chi connectivity index (χ4v) is 1.65. The molecule has 2 rings (SSSR count). The Labute approximate surface area is 88.3 Å². The molecule has 1 N–H and O–H groups in total. The van der Waals surface area contributed by atoms with Gasteiger partial charge < -0.3 is 5.32 Å². The lowest BCUT2D eigenvalue weighted by Gasteiger charge is -2.26. The number of rotatable bonds is 0. The number of anilines is 1. The number of fused-ring (bicyclic) bond motifs is 1. The molecule has 0 radical (unpaired) electrons. The number of nitrogens with one attached hydrogen (secondary N) is 1. The highest BCUT2D eigenvalue weighted by atomic mass is 19.4. The number of hydrogen-bond donors (Lipinski definition) is 1. The van der Waals surface area contributed by atoms with Crippen molar-refractivity contribution in [2.45, 2.75) is 18.5 Å². The highest BCUT2D eigenvalue weighted by Crippen LogP contribution is 2.36. The van der Waals surface area contributed by atoms with Gasteiger partial charge in [0, 0.05) is 12.1 Å². The summed E-state index contributed by atoms with van der Waals surface area (Å²) in [6, 6.07) is 2.85. The SMILES string of the molecule is FC1(F)CNc2ccc(C(F)(F)F)cc2C1. The average molecular weight is 237 g/mol. The van der Waals surface area contributed by atoms with Crippen molar-refractivity contribution in [2.75, 3.05) is 11.9 Å². The summed E-state index contributed by atoms with van der Waals surface area (Å²) in [6.07, 6.45) is -5.15. The van der Waals surface area contributed by atoms with Crippen molar-refractivity contribution in [2.24, 2.45) is 0 Å². The van der Waals surface area contributed by atoms with Gasteiger partial charge in [-0.05, 0) is 23.8 Å². The van der Waals surface area contributed by atoms with Crippen molar-refractivity contribution in [3.63, 3.8) is 0 Å². The smallest absolute Gasteiger partial charge is 0.379 e. The lowest BCUT2D eigenvalue weighted by molar-refractivity contribution is -0.137. The topological polar surface area (TPSA) is 12.0 Å². The Balaban J connectivity index is 2.39. The maximum atomic E-state index is 13.0. The third-order valence-electron chi connectivity index (χ3n) is 2.42. The minimum atomic E-state index is -4.50. The number of hydrogen-bond acceptors (Lipinski definition) is 1. The van der Waals surface area contributed by atoms with Crippen LogP contribution in [-0.4, -0.2) is 12.5 Å². The molecular formula is C10H8F5N. The Morgan fingerprint density at radius 2 is 1.88 bits per heavy atom. The first kappa shape index (κ1) is 11.2. The largest absolute Gasteiger partial charge is 0.416 e. The molecule has 0 atom stereocenters. The Morgan fingerprint density at radius 3 is 2.50 bits per heavy atom. The van der Waals surface area contributed by atoms with E-state index >= 15 is 0 Å². The van der Waals surface area contributed by atoms with E-state index in [1.165, 1.54) is 6.07 Å². The Hall–Kier alpha value is -1.33. The van der Waals surface area contributed by atoms with Crippen molar-refractivity contribution < 1.29 is 22.0 Å². The molecule has 88 valence electrons. The summed E-state index contributed by atoms with van der Waals surface area (Å²) in [5, 5.41) is 2.41. The molecular weight excluding hydrogens is 229 g/mol. The molecule has 1 aromatic carbocycles. The van der Waals surface area contributed by atoms with Gasteiger partial charge in [0.25, 0.3) is 5.92 Å². The van der Waals surface area contributed by atoms with E-state index in [9.17, 15) is 22.0 Å². The van der Waals surface area contributed by atoms with Crippen LogP contribution in [0.15, 0.2) is 18.2 Å². The zero-order valence-corrected chi connectivity index (χ0v) is 8.04. The summed E-state index contributed by atoms with van der Waals surface area (Å²) < 4.78 is 63.0. The van der Waals surface area contributed by atoms with Gasteiger partial charge in [-0.1, -0.05) is 0 Å². The second-order valence-electron chi connectivity index (χ2n) is 3.76. The van der Waals surface area contributed by atoms with E-state index < -0.39 is 30.6 Å². The molecule has 0 spiro atoms. The van der Waals surface area contributed by atoms with Crippen LogP contribution in [-0.2, 0) is 12.6 Å². The van der Waals surface area contributed by atoms with Crippen LogP contribution in [0, 0.1) is 0 Å². The monoisotopic (exact) mass is 237 g/mol.